The first-order valence-corrected chi connectivity index (χ1v) is 5.54. The molecule has 3 atom stereocenters. The molecule has 1 saturated heterocycles. The summed E-state index contributed by atoms with van der Waals surface area (Å²) in [4.78, 5) is 13.3. The lowest BCUT2D eigenvalue weighted by Gasteiger charge is -2.44. The van der Waals surface area contributed by atoms with E-state index in [9.17, 15) is 9.90 Å². The van der Waals surface area contributed by atoms with Gasteiger partial charge in [-0.3, -0.25) is 9.69 Å². The second-order valence-corrected chi connectivity index (χ2v) is 4.59. The summed E-state index contributed by atoms with van der Waals surface area (Å²) in [6.07, 6.45) is 0.833. The number of hydrogen-bond acceptors (Lipinski definition) is 3. The van der Waals surface area contributed by atoms with Gasteiger partial charge in [0, 0.05) is 13.1 Å². The normalized spacial score (nSPS) is 32.3. The maximum absolute atomic E-state index is 11.3. The van der Waals surface area contributed by atoms with Crippen molar-refractivity contribution in [3.05, 3.63) is 0 Å². The molecule has 0 amide bonds. The maximum Gasteiger partial charge on any atom is 0.323 e. The van der Waals surface area contributed by atoms with Crippen molar-refractivity contribution in [2.75, 3.05) is 13.1 Å². The topological polar surface area (TPSA) is 49.8 Å². The molecular weight excluding hydrogens is 194 g/mol. The molecule has 0 aliphatic carbocycles. The fourth-order valence-electron chi connectivity index (χ4n) is 2.09. The van der Waals surface area contributed by atoms with Gasteiger partial charge >= 0.3 is 5.97 Å². The van der Waals surface area contributed by atoms with E-state index in [0.717, 1.165) is 0 Å². The summed E-state index contributed by atoms with van der Waals surface area (Å²) in [6.45, 7) is 9.07. The van der Waals surface area contributed by atoms with Gasteiger partial charge in [0.05, 0.1) is 12.2 Å². The highest BCUT2D eigenvalue weighted by atomic mass is 16.5. The molecule has 15 heavy (non-hydrogen) atoms. The van der Waals surface area contributed by atoms with E-state index in [2.05, 4.69) is 0 Å². The Labute approximate surface area is 91.2 Å². The van der Waals surface area contributed by atoms with Crippen LogP contribution in [0.4, 0.5) is 0 Å². The van der Waals surface area contributed by atoms with Crippen LogP contribution in [0.15, 0.2) is 0 Å². The van der Waals surface area contributed by atoms with Crippen molar-refractivity contribution in [2.24, 2.45) is 0 Å². The van der Waals surface area contributed by atoms with Crippen LogP contribution < -0.4 is 0 Å². The maximum atomic E-state index is 11.3. The zero-order chi connectivity index (χ0) is 11.6. The number of carbonyl (C=O) groups is 1. The van der Waals surface area contributed by atoms with Gasteiger partial charge < -0.3 is 9.84 Å². The van der Waals surface area contributed by atoms with Crippen LogP contribution in [-0.4, -0.2) is 46.8 Å². The van der Waals surface area contributed by atoms with E-state index in [4.69, 9.17) is 4.74 Å². The average molecular weight is 215 g/mol. The van der Waals surface area contributed by atoms with Gasteiger partial charge in [0.25, 0.3) is 0 Å². The van der Waals surface area contributed by atoms with Crippen molar-refractivity contribution in [3.8, 4) is 0 Å². The average Bonchev–Trinajstić information content (AvgIpc) is 2.14. The van der Waals surface area contributed by atoms with Gasteiger partial charge in [-0.2, -0.15) is 0 Å². The summed E-state index contributed by atoms with van der Waals surface area (Å²) in [7, 11) is 0. The SMILES string of the molecule is CC[C@](C)(C(=O)O)N1C[C@H](C)O[C@@H](C)C1. The Morgan fingerprint density at radius 1 is 1.47 bits per heavy atom. The van der Waals surface area contributed by atoms with Crippen LogP contribution in [0.3, 0.4) is 0 Å². The zero-order valence-electron chi connectivity index (χ0n) is 9.99. The summed E-state index contributed by atoms with van der Waals surface area (Å²) in [6, 6.07) is 0. The molecular formula is C11H21NO3. The van der Waals surface area contributed by atoms with Crippen molar-refractivity contribution in [1.29, 1.82) is 0 Å². The van der Waals surface area contributed by atoms with Gasteiger partial charge in [0.15, 0.2) is 0 Å². The fraction of sp³-hybridized carbons (Fsp3) is 0.909. The van der Waals surface area contributed by atoms with Crippen LogP contribution in [0.2, 0.25) is 0 Å². The Kier molecular flexibility index (Phi) is 3.73. The third-order valence-corrected chi connectivity index (χ3v) is 3.27. The molecule has 1 rings (SSSR count). The molecule has 88 valence electrons. The van der Waals surface area contributed by atoms with E-state index in [-0.39, 0.29) is 12.2 Å². The van der Waals surface area contributed by atoms with E-state index in [1.165, 1.54) is 0 Å². The lowest BCUT2D eigenvalue weighted by Crippen LogP contribution is -2.59. The number of ether oxygens (including phenoxy) is 1. The number of aliphatic carboxylic acids is 1. The molecule has 0 radical (unpaired) electrons. The first kappa shape index (κ1) is 12.5. The number of nitrogens with zero attached hydrogens (tertiary/aromatic N) is 1. The van der Waals surface area contributed by atoms with Crippen molar-refractivity contribution < 1.29 is 14.6 Å². The second kappa shape index (κ2) is 4.49. The molecule has 1 aliphatic rings. The molecule has 4 nitrogen and oxygen atoms in total. The van der Waals surface area contributed by atoms with Gasteiger partial charge in [0.1, 0.15) is 5.54 Å². The van der Waals surface area contributed by atoms with E-state index >= 15 is 0 Å². The molecule has 4 heteroatoms. The summed E-state index contributed by atoms with van der Waals surface area (Å²) in [5, 5.41) is 9.27. The zero-order valence-corrected chi connectivity index (χ0v) is 9.99. The third kappa shape index (κ3) is 2.49. The Bertz CT molecular complexity index is 234. The highest BCUT2D eigenvalue weighted by Crippen LogP contribution is 2.24. The Hall–Kier alpha value is -0.610. The summed E-state index contributed by atoms with van der Waals surface area (Å²) in [5.41, 5.74) is -0.758. The quantitative estimate of drug-likeness (QED) is 0.772. The van der Waals surface area contributed by atoms with E-state index < -0.39 is 11.5 Å². The lowest BCUT2D eigenvalue weighted by atomic mass is 9.95. The molecule has 0 aromatic heterocycles. The van der Waals surface area contributed by atoms with Crippen LogP contribution in [0.1, 0.15) is 34.1 Å². The van der Waals surface area contributed by atoms with Gasteiger partial charge in [-0.15, -0.1) is 0 Å². The standard InChI is InChI=1S/C11H21NO3/c1-5-11(4,10(13)14)12-6-8(2)15-9(3)7-12/h8-9H,5-7H2,1-4H3,(H,13,14)/t8-,9-,11+/m0/s1. The number of rotatable bonds is 3. The first-order chi connectivity index (χ1) is 6.90. The molecule has 0 unspecified atom stereocenters. The van der Waals surface area contributed by atoms with Crippen LogP contribution in [0.25, 0.3) is 0 Å². The summed E-state index contributed by atoms with van der Waals surface area (Å²) >= 11 is 0. The Morgan fingerprint density at radius 2 is 1.93 bits per heavy atom. The smallest absolute Gasteiger partial charge is 0.323 e. The largest absolute Gasteiger partial charge is 0.480 e. The monoisotopic (exact) mass is 215 g/mol. The van der Waals surface area contributed by atoms with Gasteiger partial charge in [-0.1, -0.05) is 6.92 Å². The van der Waals surface area contributed by atoms with Crippen LogP contribution in [0.5, 0.6) is 0 Å². The molecule has 1 fully saturated rings. The first-order valence-electron chi connectivity index (χ1n) is 5.54. The lowest BCUT2D eigenvalue weighted by molar-refractivity contribution is -0.160. The Balaban J connectivity index is 2.80. The minimum atomic E-state index is -0.758. The van der Waals surface area contributed by atoms with Gasteiger partial charge in [-0.25, -0.2) is 0 Å². The molecule has 0 saturated carbocycles. The van der Waals surface area contributed by atoms with Crippen molar-refractivity contribution in [2.45, 2.75) is 51.9 Å². The number of carboxylic acid groups (broad SMARTS) is 1. The predicted octanol–water partition coefficient (Wildman–Crippen LogP) is 1.35. The highest BCUT2D eigenvalue weighted by Gasteiger charge is 2.41. The van der Waals surface area contributed by atoms with E-state index in [1.807, 2.05) is 25.7 Å². The molecule has 1 aliphatic heterocycles. The summed E-state index contributed by atoms with van der Waals surface area (Å²) in [5.74, 6) is -0.744. The number of morpholine rings is 1. The van der Waals surface area contributed by atoms with E-state index in [1.54, 1.807) is 6.92 Å². The fourth-order valence-corrected chi connectivity index (χ4v) is 2.09. The molecule has 0 spiro atoms. The highest BCUT2D eigenvalue weighted by molar-refractivity contribution is 5.78. The summed E-state index contributed by atoms with van der Waals surface area (Å²) < 4.78 is 5.60. The van der Waals surface area contributed by atoms with Crippen molar-refractivity contribution >= 4 is 5.97 Å². The molecule has 0 aromatic carbocycles. The van der Waals surface area contributed by atoms with E-state index in [0.29, 0.717) is 19.5 Å². The van der Waals surface area contributed by atoms with Gasteiger partial charge in [-0.05, 0) is 27.2 Å². The molecule has 1 heterocycles. The number of hydrogen-bond donors (Lipinski definition) is 1. The molecule has 0 bridgehead atoms. The van der Waals surface area contributed by atoms with Crippen LogP contribution in [-0.2, 0) is 9.53 Å². The van der Waals surface area contributed by atoms with Crippen LogP contribution in [0, 0.1) is 0 Å². The Morgan fingerprint density at radius 3 is 2.27 bits per heavy atom. The van der Waals surface area contributed by atoms with Crippen LogP contribution >= 0.6 is 0 Å². The number of carboxylic acids is 1. The minimum absolute atomic E-state index is 0.110. The second-order valence-electron chi connectivity index (χ2n) is 4.59. The molecule has 0 aromatic rings. The van der Waals surface area contributed by atoms with Crippen molar-refractivity contribution in [1.82, 2.24) is 4.90 Å². The molecule has 1 N–H and O–H groups in total. The minimum Gasteiger partial charge on any atom is -0.480 e. The van der Waals surface area contributed by atoms with Gasteiger partial charge in [0.2, 0.25) is 0 Å². The third-order valence-electron chi connectivity index (χ3n) is 3.27. The predicted molar refractivity (Wildman–Crippen MR) is 57.9 cm³/mol. The van der Waals surface area contributed by atoms with Crippen molar-refractivity contribution in [3.63, 3.8) is 0 Å².